The number of nitrogens with one attached hydrogen (secondary N) is 1. The maximum absolute atomic E-state index is 5.38. The van der Waals surface area contributed by atoms with Gasteiger partial charge in [0.2, 0.25) is 0 Å². The molecule has 0 aliphatic heterocycles. The first kappa shape index (κ1) is 13.7. The van der Waals surface area contributed by atoms with Gasteiger partial charge in [-0.15, -0.1) is 0 Å². The highest BCUT2D eigenvalue weighted by atomic mass is 79.9. The molecule has 0 aromatic heterocycles. The van der Waals surface area contributed by atoms with Crippen LogP contribution in [0.4, 0.5) is 5.69 Å². The number of hydrogen-bond donors (Lipinski definition) is 1. The van der Waals surface area contributed by atoms with Gasteiger partial charge in [0.15, 0.2) is 0 Å². The lowest BCUT2D eigenvalue weighted by atomic mass is 9.82. The van der Waals surface area contributed by atoms with E-state index in [2.05, 4.69) is 34.2 Å². The van der Waals surface area contributed by atoms with Gasteiger partial charge in [0.1, 0.15) is 5.75 Å². The third kappa shape index (κ3) is 3.64. The molecule has 2 unspecified atom stereocenters. The highest BCUT2D eigenvalue weighted by Gasteiger charge is 2.18. The van der Waals surface area contributed by atoms with Gasteiger partial charge >= 0.3 is 0 Å². The molecule has 0 bridgehead atoms. The predicted octanol–water partition coefficient (Wildman–Crippen LogP) is 4.70. The van der Waals surface area contributed by atoms with E-state index in [-0.39, 0.29) is 0 Å². The molecule has 2 rings (SSSR count). The SMILES string of the molecule is COc1ccc(Br)cc1NCC1CCCC(C)C1. The Kier molecular flexibility index (Phi) is 4.93. The fourth-order valence-electron chi connectivity index (χ4n) is 2.82. The Morgan fingerprint density at radius 3 is 2.94 bits per heavy atom. The summed E-state index contributed by atoms with van der Waals surface area (Å²) in [4.78, 5) is 0. The maximum Gasteiger partial charge on any atom is 0.142 e. The molecule has 1 aliphatic rings. The van der Waals surface area contributed by atoms with Crippen LogP contribution in [0.15, 0.2) is 22.7 Å². The molecular weight excluding hydrogens is 290 g/mol. The van der Waals surface area contributed by atoms with Crippen molar-refractivity contribution < 1.29 is 4.74 Å². The number of rotatable bonds is 4. The highest BCUT2D eigenvalue weighted by Crippen LogP contribution is 2.31. The van der Waals surface area contributed by atoms with Crippen LogP contribution in [0.1, 0.15) is 32.6 Å². The standard InChI is InChI=1S/C15H22BrNO/c1-11-4-3-5-12(8-11)10-17-14-9-13(16)6-7-15(14)18-2/h6-7,9,11-12,17H,3-5,8,10H2,1-2H3. The topological polar surface area (TPSA) is 21.3 Å². The normalized spacial score (nSPS) is 23.7. The fourth-order valence-corrected chi connectivity index (χ4v) is 3.18. The van der Waals surface area contributed by atoms with E-state index in [1.54, 1.807) is 7.11 Å². The Bertz CT molecular complexity index is 394. The van der Waals surface area contributed by atoms with Crippen molar-refractivity contribution in [2.24, 2.45) is 11.8 Å². The molecule has 1 aromatic carbocycles. The first-order chi connectivity index (χ1) is 8.69. The van der Waals surface area contributed by atoms with E-state index >= 15 is 0 Å². The van der Waals surface area contributed by atoms with E-state index in [9.17, 15) is 0 Å². The number of benzene rings is 1. The molecule has 0 spiro atoms. The van der Waals surface area contributed by atoms with E-state index in [0.29, 0.717) is 0 Å². The molecule has 0 saturated heterocycles. The van der Waals surface area contributed by atoms with Gasteiger partial charge in [-0.25, -0.2) is 0 Å². The average Bonchev–Trinajstić information content (AvgIpc) is 2.37. The van der Waals surface area contributed by atoms with Crippen LogP contribution >= 0.6 is 15.9 Å². The summed E-state index contributed by atoms with van der Waals surface area (Å²) in [7, 11) is 1.72. The summed E-state index contributed by atoms with van der Waals surface area (Å²) in [5.74, 6) is 2.61. The van der Waals surface area contributed by atoms with E-state index in [1.165, 1.54) is 25.7 Å². The molecule has 1 aromatic rings. The van der Waals surface area contributed by atoms with Gasteiger partial charge in [-0.1, -0.05) is 35.7 Å². The van der Waals surface area contributed by atoms with Crippen molar-refractivity contribution in [1.82, 2.24) is 0 Å². The minimum absolute atomic E-state index is 0.803. The van der Waals surface area contributed by atoms with Crippen molar-refractivity contribution in [2.75, 3.05) is 19.0 Å². The van der Waals surface area contributed by atoms with Crippen LogP contribution in [0.3, 0.4) is 0 Å². The van der Waals surface area contributed by atoms with Gasteiger partial charge in [-0.2, -0.15) is 0 Å². The zero-order valence-electron chi connectivity index (χ0n) is 11.2. The molecular formula is C15H22BrNO. The van der Waals surface area contributed by atoms with Crippen molar-refractivity contribution >= 4 is 21.6 Å². The second-order valence-electron chi connectivity index (χ2n) is 5.36. The Balaban J connectivity index is 1.94. The van der Waals surface area contributed by atoms with Crippen LogP contribution in [0.5, 0.6) is 5.75 Å². The smallest absolute Gasteiger partial charge is 0.142 e. The molecule has 1 fully saturated rings. The Morgan fingerprint density at radius 2 is 2.22 bits per heavy atom. The van der Waals surface area contributed by atoms with E-state index < -0.39 is 0 Å². The second kappa shape index (κ2) is 6.46. The first-order valence-electron chi connectivity index (χ1n) is 6.76. The zero-order chi connectivity index (χ0) is 13.0. The van der Waals surface area contributed by atoms with Gasteiger partial charge in [0.05, 0.1) is 12.8 Å². The van der Waals surface area contributed by atoms with Crippen LogP contribution in [-0.2, 0) is 0 Å². The minimum atomic E-state index is 0.803. The fraction of sp³-hybridized carbons (Fsp3) is 0.600. The molecule has 1 saturated carbocycles. The van der Waals surface area contributed by atoms with Crippen molar-refractivity contribution in [1.29, 1.82) is 0 Å². The zero-order valence-corrected chi connectivity index (χ0v) is 12.8. The summed E-state index contributed by atoms with van der Waals surface area (Å²) >= 11 is 3.51. The molecule has 1 aliphatic carbocycles. The number of halogens is 1. The number of anilines is 1. The third-order valence-electron chi connectivity index (χ3n) is 3.79. The molecule has 1 N–H and O–H groups in total. The predicted molar refractivity (Wildman–Crippen MR) is 80.3 cm³/mol. The van der Waals surface area contributed by atoms with Crippen LogP contribution in [0.2, 0.25) is 0 Å². The monoisotopic (exact) mass is 311 g/mol. The van der Waals surface area contributed by atoms with Gasteiger partial charge in [0, 0.05) is 11.0 Å². The lowest BCUT2D eigenvalue weighted by Gasteiger charge is -2.27. The Morgan fingerprint density at radius 1 is 1.39 bits per heavy atom. The third-order valence-corrected chi connectivity index (χ3v) is 4.28. The molecule has 2 atom stereocenters. The Hall–Kier alpha value is -0.700. The maximum atomic E-state index is 5.38. The van der Waals surface area contributed by atoms with Crippen LogP contribution in [0.25, 0.3) is 0 Å². The van der Waals surface area contributed by atoms with Crippen LogP contribution in [-0.4, -0.2) is 13.7 Å². The van der Waals surface area contributed by atoms with Gasteiger partial charge in [-0.05, 0) is 42.9 Å². The van der Waals surface area contributed by atoms with Crippen molar-refractivity contribution in [3.63, 3.8) is 0 Å². The van der Waals surface area contributed by atoms with E-state index in [0.717, 1.165) is 34.3 Å². The van der Waals surface area contributed by atoms with Crippen LogP contribution < -0.4 is 10.1 Å². The lowest BCUT2D eigenvalue weighted by Crippen LogP contribution is -2.21. The Labute approximate surface area is 118 Å². The average molecular weight is 312 g/mol. The minimum Gasteiger partial charge on any atom is -0.495 e. The summed E-state index contributed by atoms with van der Waals surface area (Å²) in [5, 5.41) is 3.54. The molecule has 2 nitrogen and oxygen atoms in total. The second-order valence-corrected chi connectivity index (χ2v) is 6.28. The van der Waals surface area contributed by atoms with Crippen molar-refractivity contribution in [2.45, 2.75) is 32.6 Å². The van der Waals surface area contributed by atoms with Gasteiger partial charge in [-0.3, -0.25) is 0 Å². The van der Waals surface area contributed by atoms with Crippen LogP contribution in [0, 0.1) is 11.8 Å². The van der Waals surface area contributed by atoms with Gasteiger partial charge in [0.25, 0.3) is 0 Å². The largest absolute Gasteiger partial charge is 0.495 e. The van der Waals surface area contributed by atoms with Gasteiger partial charge < -0.3 is 10.1 Å². The number of ether oxygens (including phenoxy) is 1. The van der Waals surface area contributed by atoms with Crippen molar-refractivity contribution in [3.8, 4) is 5.75 Å². The molecule has 0 heterocycles. The van der Waals surface area contributed by atoms with E-state index in [4.69, 9.17) is 4.74 Å². The molecule has 0 amide bonds. The number of methoxy groups -OCH3 is 1. The lowest BCUT2D eigenvalue weighted by molar-refractivity contribution is 0.293. The highest BCUT2D eigenvalue weighted by molar-refractivity contribution is 9.10. The molecule has 100 valence electrons. The molecule has 3 heteroatoms. The quantitative estimate of drug-likeness (QED) is 0.870. The first-order valence-corrected chi connectivity index (χ1v) is 7.55. The van der Waals surface area contributed by atoms with E-state index in [1.807, 2.05) is 12.1 Å². The summed E-state index contributed by atoms with van der Waals surface area (Å²) in [6, 6.07) is 6.09. The number of hydrogen-bond acceptors (Lipinski definition) is 2. The summed E-state index contributed by atoms with van der Waals surface area (Å²) in [6.45, 7) is 3.42. The molecule has 18 heavy (non-hydrogen) atoms. The summed E-state index contributed by atoms with van der Waals surface area (Å²) in [5.41, 5.74) is 1.09. The summed E-state index contributed by atoms with van der Waals surface area (Å²) < 4.78 is 6.46. The summed E-state index contributed by atoms with van der Waals surface area (Å²) in [6.07, 6.45) is 5.48. The molecule has 0 radical (unpaired) electrons. The van der Waals surface area contributed by atoms with Crippen molar-refractivity contribution in [3.05, 3.63) is 22.7 Å².